The fourth-order valence-electron chi connectivity index (χ4n) is 2.82. The van der Waals surface area contributed by atoms with Crippen LogP contribution in [-0.2, 0) is 16.1 Å². The Kier molecular flexibility index (Phi) is 3.98. The van der Waals surface area contributed by atoms with Crippen LogP contribution in [0.5, 0.6) is 11.5 Å². The summed E-state index contributed by atoms with van der Waals surface area (Å²) in [6, 6.07) is 5.70. The van der Waals surface area contributed by atoms with Gasteiger partial charge in [0.2, 0.25) is 12.7 Å². The number of hydrogen-bond acceptors (Lipinski definition) is 5. The number of hydrogen-bond donors (Lipinski definition) is 2. The quantitative estimate of drug-likeness (QED) is 0.834. The Morgan fingerprint density at radius 1 is 1.43 bits per heavy atom. The van der Waals surface area contributed by atoms with E-state index in [1.54, 1.807) is 7.11 Å². The first kappa shape index (κ1) is 14.2. The van der Waals surface area contributed by atoms with Crippen LogP contribution in [0.2, 0.25) is 0 Å². The van der Waals surface area contributed by atoms with Crippen molar-refractivity contribution < 1.29 is 19.0 Å². The molecule has 21 heavy (non-hydrogen) atoms. The number of ether oxygens (including phenoxy) is 3. The molecule has 2 heterocycles. The van der Waals surface area contributed by atoms with Gasteiger partial charge in [0.05, 0.1) is 12.0 Å². The van der Waals surface area contributed by atoms with E-state index >= 15 is 0 Å². The lowest BCUT2D eigenvalue weighted by atomic mass is 9.87. The zero-order valence-corrected chi connectivity index (χ0v) is 12.1. The number of rotatable bonds is 5. The smallest absolute Gasteiger partial charge is 0.231 e. The molecule has 3 rings (SSSR count). The average molecular weight is 292 g/mol. The molecule has 114 valence electrons. The molecule has 0 aromatic heterocycles. The fraction of sp³-hybridized carbons (Fsp3) is 0.533. The number of carbonyl (C=O) groups excluding carboxylic acids is 1. The third-order valence-electron chi connectivity index (χ3n) is 4.04. The monoisotopic (exact) mass is 292 g/mol. The zero-order chi connectivity index (χ0) is 14.7. The standard InChI is InChI=1S/C15H20N2O4/c1-19-9-15(4-5-16-8-15)14(18)17-7-11-2-3-12-13(6-11)21-10-20-12/h2-3,6,16H,4-5,7-10H2,1H3,(H,17,18). The van der Waals surface area contributed by atoms with Gasteiger partial charge in [0.15, 0.2) is 11.5 Å². The first-order chi connectivity index (χ1) is 10.2. The zero-order valence-electron chi connectivity index (χ0n) is 12.1. The van der Waals surface area contributed by atoms with E-state index in [-0.39, 0.29) is 12.7 Å². The predicted octanol–water partition coefficient (Wildman–Crippen LogP) is 0.658. The Labute approximate surface area is 123 Å². The lowest BCUT2D eigenvalue weighted by molar-refractivity contribution is -0.133. The highest BCUT2D eigenvalue weighted by Gasteiger charge is 2.41. The van der Waals surface area contributed by atoms with Gasteiger partial charge in [-0.1, -0.05) is 6.07 Å². The summed E-state index contributed by atoms with van der Waals surface area (Å²) in [6.45, 7) is 2.68. The summed E-state index contributed by atoms with van der Waals surface area (Å²) in [4.78, 5) is 12.5. The molecule has 0 bridgehead atoms. The average Bonchev–Trinajstić information content (AvgIpc) is 3.14. The first-order valence-electron chi connectivity index (χ1n) is 7.10. The Morgan fingerprint density at radius 2 is 2.29 bits per heavy atom. The van der Waals surface area contributed by atoms with E-state index in [1.165, 1.54) is 0 Å². The SMILES string of the molecule is COCC1(C(=O)NCc2ccc3c(c2)OCO3)CCNC1. The minimum absolute atomic E-state index is 0.0343. The van der Waals surface area contributed by atoms with E-state index < -0.39 is 5.41 Å². The van der Waals surface area contributed by atoms with Crippen LogP contribution in [-0.4, -0.2) is 39.5 Å². The van der Waals surface area contributed by atoms with Crippen LogP contribution < -0.4 is 20.1 Å². The van der Waals surface area contributed by atoms with E-state index in [4.69, 9.17) is 14.2 Å². The maximum atomic E-state index is 12.5. The van der Waals surface area contributed by atoms with Crippen LogP contribution >= 0.6 is 0 Å². The van der Waals surface area contributed by atoms with Crippen molar-refractivity contribution in [1.82, 2.24) is 10.6 Å². The largest absolute Gasteiger partial charge is 0.454 e. The summed E-state index contributed by atoms with van der Waals surface area (Å²) >= 11 is 0. The van der Waals surface area contributed by atoms with Gasteiger partial charge >= 0.3 is 0 Å². The van der Waals surface area contributed by atoms with Crippen molar-refractivity contribution in [2.45, 2.75) is 13.0 Å². The maximum Gasteiger partial charge on any atom is 0.231 e. The highest BCUT2D eigenvalue weighted by atomic mass is 16.7. The molecular formula is C15H20N2O4. The number of fused-ring (bicyclic) bond motifs is 1. The Hall–Kier alpha value is -1.79. The van der Waals surface area contributed by atoms with E-state index in [9.17, 15) is 4.79 Å². The molecule has 1 saturated heterocycles. The topological polar surface area (TPSA) is 68.8 Å². The van der Waals surface area contributed by atoms with Crippen molar-refractivity contribution in [2.24, 2.45) is 5.41 Å². The summed E-state index contributed by atoms with van der Waals surface area (Å²) in [5.74, 6) is 1.52. The van der Waals surface area contributed by atoms with Gasteiger partial charge in [-0.05, 0) is 30.7 Å². The minimum atomic E-state index is -0.453. The number of nitrogens with one attached hydrogen (secondary N) is 2. The van der Waals surface area contributed by atoms with Crippen LogP contribution in [0.3, 0.4) is 0 Å². The van der Waals surface area contributed by atoms with Crippen molar-refractivity contribution in [2.75, 3.05) is 33.6 Å². The van der Waals surface area contributed by atoms with Crippen LogP contribution in [0.1, 0.15) is 12.0 Å². The molecule has 6 heteroatoms. The van der Waals surface area contributed by atoms with E-state index in [1.807, 2.05) is 18.2 Å². The molecular weight excluding hydrogens is 272 g/mol. The van der Waals surface area contributed by atoms with Gasteiger partial charge < -0.3 is 24.8 Å². The van der Waals surface area contributed by atoms with Crippen molar-refractivity contribution in [3.63, 3.8) is 0 Å². The van der Waals surface area contributed by atoms with E-state index in [0.717, 1.165) is 30.0 Å². The Balaban J connectivity index is 1.62. The van der Waals surface area contributed by atoms with Gasteiger partial charge in [0, 0.05) is 20.2 Å². The minimum Gasteiger partial charge on any atom is -0.454 e. The maximum absolute atomic E-state index is 12.5. The third-order valence-corrected chi connectivity index (χ3v) is 4.04. The van der Waals surface area contributed by atoms with Crippen molar-refractivity contribution in [1.29, 1.82) is 0 Å². The Morgan fingerprint density at radius 3 is 3.05 bits per heavy atom. The van der Waals surface area contributed by atoms with Crippen LogP contribution in [0.4, 0.5) is 0 Å². The van der Waals surface area contributed by atoms with Crippen molar-refractivity contribution in [3.05, 3.63) is 23.8 Å². The number of carbonyl (C=O) groups is 1. The molecule has 0 aliphatic carbocycles. The van der Waals surface area contributed by atoms with Crippen LogP contribution in [0, 0.1) is 5.41 Å². The molecule has 1 amide bonds. The van der Waals surface area contributed by atoms with Crippen molar-refractivity contribution >= 4 is 5.91 Å². The lowest BCUT2D eigenvalue weighted by Gasteiger charge is -2.26. The normalized spacial score (nSPS) is 23.3. The number of benzene rings is 1. The van der Waals surface area contributed by atoms with E-state index in [0.29, 0.717) is 19.7 Å². The summed E-state index contributed by atoms with van der Waals surface area (Å²) in [5, 5.41) is 6.24. The molecule has 0 saturated carbocycles. The van der Waals surface area contributed by atoms with Crippen molar-refractivity contribution in [3.8, 4) is 11.5 Å². The highest BCUT2D eigenvalue weighted by Crippen LogP contribution is 2.32. The molecule has 1 unspecified atom stereocenters. The Bertz CT molecular complexity index is 526. The first-order valence-corrected chi connectivity index (χ1v) is 7.10. The molecule has 0 spiro atoms. The highest BCUT2D eigenvalue weighted by molar-refractivity contribution is 5.83. The van der Waals surface area contributed by atoms with Gasteiger partial charge in [-0.15, -0.1) is 0 Å². The second kappa shape index (κ2) is 5.91. The molecule has 0 radical (unpaired) electrons. The number of amides is 1. The molecule has 2 N–H and O–H groups in total. The van der Waals surface area contributed by atoms with Gasteiger partial charge in [-0.2, -0.15) is 0 Å². The molecule has 6 nitrogen and oxygen atoms in total. The van der Waals surface area contributed by atoms with E-state index in [2.05, 4.69) is 10.6 Å². The van der Waals surface area contributed by atoms with Gasteiger partial charge in [0.25, 0.3) is 0 Å². The summed E-state index contributed by atoms with van der Waals surface area (Å²) in [6.07, 6.45) is 0.799. The summed E-state index contributed by atoms with van der Waals surface area (Å²) in [7, 11) is 1.63. The second-order valence-corrected chi connectivity index (χ2v) is 5.51. The third kappa shape index (κ3) is 2.82. The predicted molar refractivity (Wildman–Crippen MR) is 76.2 cm³/mol. The molecule has 1 aromatic rings. The van der Waals surface area contributed by atoms with Crippen LogP contribution in [0.25, 0.3) is 0 Å². The number of methoxy groups -OCH3 is 1. The van der Waals surface area contributed by atoms with Crippen LogP contribution in [0.15, 0.2) is 18.2 Å². The lowest BCUT2D eigenvalue weighted by Crippen LogP contribution is -2.45. The molecule has 1 fully saturated rings. The summed E-state index contributed by atoms with van der Waals surface area (Å²) < 4.78 is 15.8. The molecule has 1 aromatic carbocycles. The summed E-state index contributed by atoms with van der Waals surface area (Å²) in [5.41, 5.74) is 0.538. The molecule has 2 aliphatic rings. The second-order valence-electron chi connectivity index (χ2n) is 5.51. The van der Waals surface area contributed by atoms with Gasteiger partial charge in [0.1, 0.15) is 0 Å². The fourth-order valence-corrected chi connectivity index (χ4v) is 2.82. The van der Waals surface area contributed by atoms with Gasteiger partial charge in [-0.25, -0.2) is 0 Å². The van der Waals surface area contributed by atoms with Gasteiger partial charge in [-0.3, -0.25) is 4.79 Å². The molecule has 2 aliphatic heterocycles. The molecule has 1 atom stereocenters.